The topological polar surface area (TPSA) is 143 Å². The normalized spacial score (nSPS) is 22.4. The van der Waals surface area contributed by atoms with Crippen LogP contribution in [-0.2, 0) is 16.2 Å². The summed E-state index contributed by atoms with van der Waals surface area (Å²) in [5.74, 6) is -1.44. The predicted molar refractivity (Wildman–Crippen MR) is 150 cm³/mol. The van der Waals surface area contributed by atoms with Crippen molar-refractivity contribution >= 4 is 17.9 Å². The van der Waals surface area contributed by atoms with E-state index in [4.69, 9.17) is 9.47 Å². The van der Waals surface area contributed by atoms with E-state index in [2.05, 4.69) is 6.92 Å². The molecule has 0 bridgehead atoms. The molecule has 1 aromatic carbocycles. The number of amides is 3. The number of unbranched alkanes of at least 4 members (excludes halogenated alkanes) is 1. The smallest absolute Gasteiger partial charge is 0.319 e. The molecular weight excluding hydrogens is 532 g/mol. The molecular formula is C29H44N4O8. The van der Waals surface area contributed by atoms with Gasteiger partial charge in [0.25, 0.3) is 0 Å². The number of hydrogen-bond acceptors (Lipinski definition) is 8. The van der Waals surface area contributed by atoms with Crippen LogP contribution in [0.2, 0.25) is 0 Å². The minimum absolute atomic E-state index is 0.0129. The summed E-state index contributed by atoms with van der Waals surface area (Å²) in [5, 5.41) is 29.9. The Morgan fingerprint density at radius 1 is 1.12 bits per heavy atom. The van der Waals surface area contributed by atoms with Crippen LogP contribution in [0.5, 0.6) is 11.5 Å². The number of aliphatic carboxylic acids is 1. The monoisotopic (exact) mass is 576 g/mol. The summed E-state index contributed by atoms with van der Waals surface area (Å²) in [6.07, 6.45) is 3.49. The number of likely N-dealkylation sites (tertiary alicyclic amines) is 1. The number of carbonyl (C=O) groups excluding carboxylic acids is 2. The predicted octanol–water partition coefficient (Wildman–Crippen LogP) is 1.53. The average Bonchev–Trinajstić information content (AvgIpc) is 3.58. The lowest BCUT2D eigenvalue weighted by Crippen LogP contribution is -2.50. The number of nitrogens with zero attached hydrogens (tertiary/aromatic N) is 4. The van der Waals surface area contributed by atoms with Gasteiger partial charge in [0.15, 0.2) is 11.5 Å². The van der Waals surface area contributed by atoms with E-state index in [-0.39, 0.29) is 38.5 Å². The van der Waals surface area contributed by atoms with Gasteiger partial charge in [0, 0.05) is 70.4 Å². The van der Waals surface area contributed by atoms with Crippen LogP contribution in [-0.4, -0.2) is 125 Å². The fraction of sp³-hybridized carbons (Fsp3) is 0.690. The Morgan fingerprint density at radius 3 is 2.61 bits per heavy atom. The zero-order valence-corrected chi connectivity index (χ0v) is 24.2. The number of urea groups is 1. The Morgan fingerprint density at radius 2 is 1.90 bits per heavy atom. The summed E-state index contributed by atoms with van der Waals surface area (Å²) in [4.78, 5) is 46.3. The van der Waals surface area contributed by atoms with Gasteiger partial charge in [0.1, 0.15) is 0 Å². The molecule has 0 spiro atoms. The van der Waals surface area contributed by atoms with Crippen LogP contribution in [0.25, 0.3) is 0 Å². The molecule has 12 heteroatoms. The highest BCUT2D eigenvalue weighted by atomic mass is 16.7. The minimum atomic E-state index is -0.969. The number of hydrogen-bond donors (Lipinski definition) is 3. The largest absolute Gasteiger partial charge is 0.481 e. The van der Waals surface area contributed by atoms with E-state index in [1.54, 1.807) is 33.9 Å². The van der Waals surface area contributed by atoms with E-state index in [1.165, 1.54) is 0 Å². The number of rotatable bonds is 14. The molecule has 0 unspecified atom stereocenters. The highest BCUT2D eigenvalue weighted by Gasteiger charge is 2.48. The quantitative estimate of drug-likeness (QED) is 0.300. The molecule has 2 fully saturated rings. The summed E-state index contributed by atoms with van der Waals surface area (Å²) in [7, 11) is 1.76. The lowest BCUT2D eigenvalue weighted by Gasteiger charge is -2.35. The summed E-state index contributed by atoms with van der Waals surface area (Å²) in [5.41, 5.74) is 1.24. The van der Waals surface area contributed by atoms with Crippen LogP contribution in [0.3, 0.4) is 0 Å². The molecule has 12 nitrogen and oxygen atoms in total. The number of ether oxygens (including phenoxy) is 2. The van der Waals surface area contributed by atoms with E-state index in [0.717, 1.165) is 19.3 Å². The maximum atomic E-state index is 13.5. The first-order valence-corrected chi connectivity index (χ1v) is 14.7. The molecule has 0 aliphatic carbocycles. The first-order chi connectivity index (χ1) is 19.8. The molecule has 1 aromatic rings. The van der Waals surface area contributed by atoms with Gasteiger partial charge in [-0.3, -0.25) is 14.5 Å². The molecule has 3 aliphatic heterocycles. The molecule has 3 atom stereocenters. The average molecular weight is 577 g/mol. The van der Waals surface area contributed by atoms with Gasteiger partial charge in [-0.15, -0.1) is 0 Å². The lowest BCUT2D eigenvalue weighted by molar-refractivity contribution is -0.144. The van der Waals surface area contributed by atoms with Crippen LogP contribution in [0.4, 0.5) is 4.79 Å². The molecule has 3 aliphatic rings. The first kappa shape index (κ1) is 30.9. The second-order valence-corrected chi connectivity index (χ2v) is 11.2. The van der Waals surface area contributed by atoms with Crippen molar-refractivity contribution < 1.29 is 39.2 Å². The Bertz CT molecular complexity index is 1080. The lowest BCUT2D eigenvalue weighted by atomic mass is 9.83. The van der Waals surface area contributed by atoms with Gasteiger partial charge < -0.3 is 39.5 Å². The zero-order chi connectivity index (χ0) is 29.5. The fourth-order valence-corrected chi connectivity index (χ4v) is 6.30. The van der Waals surface area contributed by atoms with Crippen molar-refractivity contribution in [2.45, 2.75) is 57.6 Å². The SMILES string of the molecule is CCCCN(CCCO)C(=O)CN1C[C@H](c2cc(CO)c3c(c2)OCO3)[C@@H](C(=O)O)[C@@H]1CCN1CCCN(C)C1=O. The van der Waals surface area contributed by atoms with E-state index >= 15 is 0 Å². The van der Waals surface area contributed by atoms with Crippen molar-refractivity contribution in [3.05, 3.63) is 23.3 Å². The molecule has 3 amide bonds. The number of carboxylic acid groups (broad SMARTS) is 1. The van der Waals surface area contributed by atoms with Crippen LogP contribution in [0.1, 0.15) is 56.1 Å². The number of fused-ring (bicyclic) bond motifs is 1. The fourth-order valence-electron chi connectivity index (χ4n) is 6.30. The number of aliphatic hydroxyl groups excluding tert-OH is 2. The van der Waals surface area contributed by atoms with Crippen molar-refractivity contribution in [3.63, 3.8) is 0 Å². The van der Waals surface area contributed by atoms with Crippen molar-refractivity contribution in [2.75, 3.05) is 66.3 Å². The molecule has 4 rings (SSSR count). The number of benzene rings is 1. The number of aliphatic hydroxyl groups is 2. The van der Waals surface area contributed by atoms with Gasteiger partial charge in [-0.1, -0.05) is 13.3 Å². The van der Waals surface area contributed by atoms with Gasteiger partial charge in [-0.2, -0.15) is 0 Å². The number of carboxylic acids is 1. The highest BCUT2D eigenvalue weighted by molar-refractivity contribution is 5.79. The Balaban J connectivity index is 1.62. The van der Waals surface area contributed by atoms with Crippen molar-refractivity contribution in [3.8, 4) is 11.5 Å². The van der Waals surface area contributed by atoms with Crippen LogP contribution >= 0.6 is 0 Å². The Hall–Kier alpha value is -3.09. The van der Waals surface area contributed by atoms with Gasteiger partial charge in [0.05, 0.1) is 19.1 Å². The van der Waals surface area contributed by atoms with Gasteiger partial charge in [-0.05, 0) is 43.4 Å². The second-order valence-electron chi connectivity index (χ2n) is 11.2. The number of carbonyl (C=O) groups is 3. The van der Waals surface area contributed by atoms with Gasteiger partial charge in [0.2, 0.25) is 12.7 Å². The van der Waals surface area contributed by atoms with Crippen molar-refractivity contribution in [1.29, 1.82) is 0 Å². The van der Waals surface area contributed by atoms with Gasteiger partial charge in [-0.25, -0.2) is 4.79 Å². The molecule has 228 valence electrons. The summed E-state index contributed by atoms with van der Waals surface area (Å²) >= 11 is 0. The third kappa shape index (κ3) is 7.04. The molecule has 0 radical (unpaired) electrons. The van der Waals surface area contributed by atoms with E-state index in [9.17, 15) is 29.7 Å². The third-order valence-electron chi connectivity index (χ3n) is 8.48. The van der Waals surface area contributed by atoms with E-state index < -0.39 is 23.8 Å². The molecule has 41 heavy (non-hydrogen) atoms. The molecule has 3 heterocycles. The van der Waals surface area contributed by atoms with Crippen LogP contribution < -0.4 is 9.47 Å². The molecule has 3 N–H and O–H groups in total. The van der Waals surface area contributed by atoms with Crippen LogP contribution in [0, 0.1) is 5.92 Å². The first-order valence-electron chi connectivity index (χ1n) is 14.7. The Labute approximate surface area is 241 Å². The van der Waals surface area contributed by atoms with Gasteiger partial charge >= 0.3 is 12.0 Å². The maximum absolute atomic E-state index is 13.5. The second kappa shape index (κ2) is 14.2. The molecule has 0 saturated carbocycles. The van der Waals surface area contributed by atoms with Crippen molar-refractivity contribution in [1.82, 2.24) is 19.6 Å². The van der Waals surface area contributed by atoms with Crippen molar-refractivity contribution in [2.24, 2.45) is 5.92 Å². The highest BCUT2D eigenvalue weighted by Crippen LogP contribution is 2.44. The molecule has 2 saturated heterocycles. The van der Waals surface area contributed by atoms with E-state index in [0.29, 0.717) is 74.7 Å². The maximum Gasteiger partial charge on any atom is 0.319 e. The zero-order valence-electron chi connectivity index (χ0n) is 24.2. The summed E-state index contributed by atoms with van der Waals surface area (Å²) in [6.45, 7) is 4.88. The molecule has 0 aromatic heterocycles. The Kier molecular flexibility index (Phi) is 10.7. The summed E-state index contributed by atoms with van der Waals surface area (Å²) < 4.78 is 11.1. The van der Waals surface area contributed by atoms with E-state index in [1.807, 2.05) is 4.90 Å². The van der Waals surface area contributed by atoms with Crippen LogP contribution in [0.15, 0.2) is 12.1 Å². The third-order valence-corrected chi connectivity index (χ3v) is 8.48. The standard InChI is InChI=1S/C29H44N4O8/c1-3-4-9-31(11-6-13-34)25(36)17-33-16-22(20-14-21(18-35)27-24(15-20)40-19-41-27)26(28(37)38)23(33)7-12-32-10-5-8-30(2)29(32)39/h14-15,22-23,26,34-35H,3-13,16-19H2,1-2H3,(H,37,38)/t22-,23+,26-/m1/s1. The minimum Gasteiger partial charge on any atom is -0.481 e. The summed E-state index contributed by atoms with van der Waals surface area (Å²) in [6, 6.07) is 2.99.